The van der Waals surface area contributed by atoms with Crippen LogP contribution in [0.2, 0.25) is 0 Å². The molecule has 1 unspecified atom stereocenters. The first-order valence-corrected chi connectivity index (χ1v) is 4.64. The predicted octanol–water partition coefficient (Wildman–Crippen LogP) is 0.840. The maximum atomic E-state index is 11.5. The topological polar surface area (TPSA) is 49.4 Å². The second-order valence-electron chi connectivity index (χ2n) is 3.75. The van der Waals surface area contributed by atoms with E-state index in [1.807, 2.05) is 13.8 Å². The van der Waals surface area contributed by atoms with Crippen LogP contribution < -0.4 is 5.32 Å². The highest BCUT2D eigenvalue weighted by molar-refractivity contribution is 7.82. The highest BCUT2D eigenvalue weighted by Crippen LogP contribution is 2.27. The summed E-state index contributed by atoms with van der Waals surface area (Å²) in [6.45, 7) is 3.96. The summed E-state index contributed by atoms with van der Waals surface area (Å²) in [4.78, 5) is 22.7. The predicted molar refractivity (Wildman–Crippen MR) is 52.5 cm³/mol. The molecule has 1 heterocycles. The van der Waals surface area contributed by atoms with Crippen LogP contribution in [-0.4, -0.2) is 28.8 Å². The Morgan fingerprint density at radius 3 is 2.38 bits per heavy atom. The van der Waals surface area contributed by atoms with Crippen molar-refractivity contribution in [2.45, 2.75) is 25.1 Å². The van der Waals surface area contributed by atoms with Crippen molar-refractivity contribution in [3.05, 3.63) is 0 Å². The van der Waals surface area contributed by atoms with Crippen molar-refractivity contribution in [1.29, 1.82) is 0 Å². The summed E-state index contributed by atoms with van der Waals surface area (Å²) >= 11 is 4.21. The van der Waals surface area contributed by atoms with Crippen LogP contribution in [0.15, 0.2) is 0 Å². The molecule has 13 heavy (non-hydrogen) atoms. The monoisotopic (exact) mass is 202 g/mol. The molecule has 0 spiro atoms. The number of nitrogens with zero attached hydrogens (tertiary/aromatic N) is 1. The van der Waals surface area contributed by atoms with Crippen molar-refractivity contribution in [2.75, 3.05) is 7.05 Å². The number of thiol groups is 1. The second kappa shape index (κ2) is 3.21. The van der Waals surface area contributed by atoms with Crippen LogP contribution in [-0.2, 0) is 4.79 Å². The fourth-order valence-corrected chi connectivity index (χ4v) is 2.02. The van der Waals surface area contributed by atoms with Gasteiger partial charge in [-0.1, -0.05) is 13.8 Å². The molecule has 1 aliphatic rings. The van der Waals surface area contributed by atoms with Crippen LogP contribution in [0, 0.1) is 5.92 Å². The van der Waals surface area contributed by atoms with E-state index in [1.54, 1.807) is 0 Å². The quantitative estimate of drug-likeness (QED) is 0.515. The Morgan fingerprint density at radius 1 is 1.54 bits per heavy atom. The number of hydrogen-bond donors (Lipinski definition) is 2. The number of carbonyl (C=O) groups is 2. The Balaban J connectivity index is 2.81. The second-order valence-corrected chi connectivity index (χ2v) is 4.52. The van der Waals surface area contributed by atoms with Crippen molar-refractivity contribution >= 4 is 24.6 Å². The number of rotatable bonds is 2. The summed E-state index contributed by atoms with van der Waals surface area (Å²) in [5.41, 5.74) is 0. The molecular weight excluding hydrogens is 188 g/mol. The highest BCUT2D eigenvalue weighted by Gasteiger charge is 2.47. The van der Waals surface area contributed by atoms with Gasteiger partial charge in [-0.2, -0.15) is 0 Å². The molecule has 0 aromatic rings. The number of carbonyl (C=O) groups excluding carboxylic acids is 2. The third kappa shape index (κ3) is 1.80. The number of amides is 3. The van der Waals surface area contributed by atoms with Gasteiger partial charge >= 0.3 is 6.03 Å². The number of nitrogens with one attached hydrogen (secondary N) is 1. The molecule has 0 saturated carbocycles. The number of likely N-dealkylation sites (N-methyl/N-ethyl adjacent to an activating group) is 1. The normalized spacial score (nSPS) is 28.5. The Labute approximate surface area is 83.1 Å². The van der Waals surface area contributed by atoms with Crippen LogP contribution in [0.4, 0.5) is 4.79 Å². The SMILES string of the molecule is CC(C)CC1(S)NC(=O)N(C)C1=O. The Kier molecular flexibility index (Phi) is 2.56. The molecule has 5 heteroatoms. The van der Waals surface area contributed by atoms with E-state index in [-0.39, 0.29) is 11.9 Å². The van der Waals surface area contributed by atoms with Crippen LogP contribution >= 0.6 is 12.6 Å². The standard InChI is InChI=1S/C8H14N2O2S/c1-5(2)4-8(13)6(11)10(3)7(12)9-8/h5,13H,4H2,1-3H3,(H,9,12). The van der Waals surface area contributed by atoms with Gasteiger partial charge in [0.2, 0.25) is 0 Å². The summed E-state index contributed by atoms with van der Waals surface area (Å²) in [7, 11) is 1.45. The first-order valence-electron chi connectivity index (χ1n) is 4.19. The van der Waals surface area contributed by atoms with E-state index in [0.717, 1.165) is 4.90 Å². The first-order chi connectivity index (χ1) is 5.87. The zero-order valence-electron chi connectivity index (χ0n) is 8.00. The van der Waals surface area contributed by atoms with Gasteiger partial charge in [0.1, 0.15) is 0 Å². The highest BCUT2D eigenvalue weighted by atomic mass is 32.1. The van der Waals surface area contributed by atoms with E-state index < -0.39 is 4.87 Å². The smallest absolute Gasteiger partial charge is 0.315 e. The maximum absolute atomic E-state index is 11.5. The third-order valence-electron chi connectivity index (χ3n) is 1.98. The summed E-state index contributed by atoms with van der Waals surface area (Å²) in [6.07, 6.45) is 0.547. The zero-order valence-corrected chi connectivity index (χ0v) is 8.89. The fraction of sp³-hybridized carbons (Fsp3) is 0.750. The Morgan fingerprint density at radius 2 is 2.08 bits per heavy atom. The molecular formula is C8H14N2O2S. The summed E-state index contributed by atoms with van der Waals surface area (Å²) in [5, 5.41) is 2.56. The van der Waals surface area contributed by atoms with Crippen LogP contribution in [0.3, 0.4) is 0 Å². The van der Waals surface area contributed by atoms with Gasteiger partial charge < -0.3 is 5.32 Å². The lowest BCUT2D eigenvalue weighted by Gasteiger charge is -2.21. The molecule has 1 rings (SSSR count). The Hall–Kier alpha value is -0.710. The van der Waals surface area contributed by atoms with Crippen LogP contribution in [0.1, 0.15) is 20.3 Å². The minimum atomic E-state index is -1.00. The van der Waals surface area contributed by atoms with E-state index in [0.29, 0.717) is 12.3 Å². The third-order valence-corrected chi connectivity index (χ3v) is 2.47. The van der Waals surface area contributed by atoms with E-state index in [4.69, 9.17) is 0 Å². The minimum Gasteiger partial charge on any atom is -0.315 e. The average molecular weight is 202 g/mol. The molecule has 74 valence electrons. The van der Waals surface area contributed by atoms with Crippen molar-refractivity contribution < 1.29 is 9.59 Å². The molecule has 1 fully saturated rings. The molecule has 0 radical (unpaired) electrons. The summed E-state index contributed by atoms with van der Waals surface area (Å²) in [5.74, 6) is 0.0442. The van der Waals surface area contributed by atoms with E-state index >= 15 is 0 Å². The van der Waals surface area contributed by atoms with Gasteiger partial charge in [-0.15, -0.1) is 12.6 Å². The molecule has 3 amide bonds. The van der Waals surface area contributed by atoms with Crippen molar-refractivity contribution in [2.24, 2.45) is 5.92 Å². The number of hydrogen-bond acceptors (Lipinski definition) is 3. The van der Waals surface area contributed by atoms with E-state index in [1.165, 1.54) is 7.05 Å². The van der Waals surface area contributed by atoms with Gasteiger partial charge in [-0.3, -0.25) is 9.69 Å². The number of urea groups is 1. The van der Waals surface area contributed by atoms with E-state index in [9.17, 15) is 9.59 Å². The molecule has 0 aromatic carbocycles. The Bertz CT molecular complexity index is 255. The molecule has 4 nitrogen and oxygen atoms in total. The van der Waals surface area contributed by atoms with Crippen LogP contribution in [0.5, 0.6) is 0 Å². The summed E-state index contributed by atoms with van der Waals surface area (Å²) in [6, 6.07) is -0.374. The van der Waals surface area contributed by atoms with E-state index in [2.05, 4.69) is 17.9 Å². The van der Waals surface area contributed by atoms with Gasteiger partial charge in [0.15, 0.2) is 4.87 Å². The lowest BCUT2D eigenvalue weighted by molar-refractivity contribution is -0.127. The average Bonchev–Trinajstić information content (AvgIpc) is 2.14. The van der Waals surface area contributed by atoms with Gasteiger partial charge in [0, 0.05) is 7.05 Å². The van der Waals surface area contributed by atoms with Gasteiger partial charge in [-0.05, 0) is 12.3 Å². The van der Waals surface area contributed by atoms with Crippen LogP contribution in [0.25, 0.3) is 0 Å². The van der Waals surface area contributed by atoms with Crippen molar-refractivity contribution in [3.8, 4) is 0 Å². The molecule has 0 aromatic heterocycles. The van der Waals surface area contributed by atoms with Gasteiger partial charge in [0.05, 0.1) is 0 Å². The fourth-order valence-electron chi connectivity index (χ4n) is 1.41. The summed E-state index contributed by atoms with van der Waals surface area (Å²) < 4.78 is 0. The molecule has 1 saturated heterocycles. The van der Waals surface area contributed by atoms with Gasteiger partial charge in [-0.25, -0.2) is 4.79 Å². The first kappa shape index (κ1) is 10.4. The largest absolute Gasteiger partial charge is 0.325 e. The van der Waals surface area contributed by atoms with Gasteiger partial charge in [0.25, 0.3) is 5.91 Å². The van der Waals surface area contributed by atoms with Crippen molar-refractivity contribution in [1.82, 2.24) is 10.2 Å². The minimum absolute atomic E-state index is 0.269. The molecule has 1 N–H and O–H groups in total. The molecule has 0 aliphatic carbocycles. The zero-order chi connectivity index (χ0) is 10.2. The molecule has 1 aliphatic heterocycles. The molecule has 1 atom stereocenters. The number of imide groups is 1. The molecule has 0 bridgehead atoms. The maximum Gasteiger partial charge on any atom is 0.325 e. The lowest BCUT2D eigenvalue weighted by atomic mass is 10.0. The lowest BCUT2D eigenvalue weighted by Crippen LogP contribution is -2.42. The van der Waals surface area contributed by atoms with Crippen molar-refractivity contribution in [3.63, 3.8) is 0 Å².